The summed E-state index contributed by atoms with van der Waals surface area (Å²) in [5.74, 6) is 0. The fourth-order valence-electron chi connectivity index (χ4n) is 0.561. The van der Waals surface area contributed by atoms with E-state index in [9.17, 15) is 0 Å². The average molecular weight is 232 g/mol. The second-order valence-electron chi connectivity index (χ2n) is 1.43. The van der Waals surface area contributed by atoms with Gasteiger partial charge in [0, 0.05) is 0 Å². The molecule has 0 fully saturated rings. The van der Waals surface area contributed by atoms with Crippen LogP contribution in [-0.4, -0.2) is 0 Å². The van der Waals surface area contributed by atoms with Gasteiger partial charge in [-0.15, -0.1) is 0 Å². The molecule has 0 nitrogen and oxygen atoms in total. The van der Waals surface area contributed by atoms with Gasteiger partial charge in [-0.05, 0) is 0 Å². The predicted octanol–water partition coefficient (Wildman–Crippen LogP) is 1.96. The fraction of sp³-hybridized carbons (Fsp3) is 0.333. The van der Waals surface area contributed by atoms with Crippen molar-refractivity contribution in [1.82, 2.24) is 0 Å². The minimum atomic E-state index is 0.0864. The summed E-state index contributed by atoms with van der Waals surface area (Å²) in [5, 5.41) is 0. The molecule has 1 aliphatic rings. The average Bonchev–Trinajstić information content (AvgIpc) is 2.14. The summed E-state index contributed by atoms with van der Waals surface area (Å²) in [7, 11) is 0. The number of hydrogen-bond acceptors (Lipinski definition) is 0. The van der Waals surface area contributed by atoms with Crippen LogP contribution < -0.4 is 0 Å². The molecule has 1 aliphatic carbocycles. The first-order chi connectivity index (χ1) is 3.43. The molecule has 1 heteroatoms. The molecular weight excluding hydrogens is 224 g/mol. The van der Waals surface area contributed by atoms with Gasteiger partial charge < -0.3 is 0 Å². The van der Waals surface area contributed by atoms with Crippen molar-refractivity contribution < 1.29 is 44.6 Å². The molecule has 0 aromatic rings. The summed E-state index contributed by atoms with van der Waals surface area (Å²) in [5.41, 5.74) is 0. The number of allylic oxidation sites excluding steroid dienone is 4. The molecule has 1 rings (SSSR count). The van der Waals surface area contributed by atoms with Gasteiger partial charge in [0.05, 0.1) is 0 Å². The molecule has 0 saturated carbocycles. The van der Waals surface area contributed by atoms with Crippen LogP contribution in [0.2, 0.25) is 1.32 Å². The topological polar surface area (TPSA) is 0 Å². The quantitative estimate of drug-likeness (QED) is 0.648. The molecule has 0 radical (unpaired) electrons. The van der Waals surface area contributed by atoms with Crippen molar-refractivity contribution >= 4 is 0 Å². The Morgan fingerprint density at radius 3 is 2.86 bits per heavy atom. The Kier molecular flexibility index (Phi) is 2.80. The van der Waals surface area contributed by atoms with Gasteiger partial charge in [0.1, 0.15) is 0 Å². The van der Waals surface area contributed by atoms with Gasteiger partial charge in [-0.1, -0.05) is 0 Å². The zero-order valence-corrected chi connectivity index (χ0v) is 6.74. The number of hydrogen-bond donors (Lipinski definition) is 0. The standard InChI is InChI=1S/C5H5.CH3.Eu/c1-2-4-5-3-1;;/h1-3H,4H2;1H3;. The van der Waals surface area contributed by atoms with E-state index < -0.39 is 0 Å². The van der Waals surface area contributed by atoms with Crippen LogP contribution in [0.1, 0.15) is 6.42 Å². The molecule has 0 N–H and O–H groups in total. The van der Waals surface area contributed by atoms with Gasteiger partial charge in [0.25, 0.3) is 0 Å². The van der Waals surface area contributed by atoms with Crippen LogP contribution in [0.3, 0.4) is 0 Å². The van der Waals surface area contributed by atoms with Crippen LogP contribution in [0.25, 0.3) is 0 Å². The van der Waals surface area contributed by atoms with E-state index in [4.69, 9.17) is 0 Å². The third-order valence-corrected chi connectivity index (χ3v) is 3.43. The molecule has 0 heterocycles. The molecule has 0 atom stereocenters. The van der Waals surface area contributed by atoms with Gasteiger partial charge in [0.15, 0.2) is 0 Å². The maximum absolute atomic E-state index is 2.35. The van der Waals surface area contributed by atoms with E-state index in [1.165, 1.54) is 6.42 Å². The molecular formula is C6H8Eu. The normalized spacial score (nSPS) is 17.6. The minimum absolute atomic E-state index is 0.0864. The molecule has 0 aliphatic heterocycles. The van der Waals surface area contributed by atoms with Crippen molar-refractivity contribution in [2.24, 2.45) is 0 Å². The second-order valence-corrected chi connectivity index (χ2v) is 4.20. The summed E-state index contributed by atoms with van der Waals surface area (Å²) in [6, 6.07) is 0. The van der Waals surface area contributed by atoms with Gasteiger partial charge in [-0.25, -0.2) is 0 Å². The number of rotatable bonds is 1. The Labute approximate surface area is 69.3 Å². The van der Waals surface area contributed by atoms with Crippen molar-refractivity contribution in [2.45, 2.75) is 7.74 Å². The van der Waals surface area contributed by atoms with E-state index in [0.29, 0.717) is 0 Å². The summed E-state index contributed by atoms with van der Waals surface area (Å²) in [6.07, 6.45) is 7.91. The van der Waals surface area contributed by atoms with E-state index in [1.807, 2.05) is 0 Å². The Hall–Kier alpha value is 1.06. The first-order valence-electron chi connectivity index (χ1n) is 2.28. The summed E-state index contributed by atoms with van der Waals surface area (Å²) < 4.78 is 4.05. The Balaban J connectivity index is 2.45. The van der Waals surface area contributed by atoms with Crippen molar-refractivity contribution in [3.05, 3.63) is 18.2 Å². The Morgan fingerprint density at radius 2 is 2.57 bits per heavy atom. The molecule has 0 spiro atoms. The zero-order valence-electron chi connectivity index (χ0n) is 4.32. The van der Waals surface area contributed by atoms with Gasteiger partial charge in [0.2, 0.25) is 0 Å². The monoisotopic (exact) mass is 233 g/mol. The predicted molar refractivity (Wildman–Crippen MR) is 27.7 cm³/mol. The van der Waals surface area contributed by atoms with E-state index in [-0.39, 0.29) is 44.6 Å². The van der Waals surface area contributed by atoms with Gasteiger partial charge in [-0.3, -0.25) is 0 Å². The molecule has 0 unspecified atom stereocenters. The van der Waals surface area contributed by atoms with E-state index in [1.54, 1.807) is -0.0327 Å². The van der Waals surface area contributed by atoms with Crippen LogP contribution in [0, 0.1) is 44.6 Å². The summed E-state index contributed by atoms with van der Waals surface area (Å²) in [4.78, 5) is 0. The van der Waals surface area contributed by atoms with Crippen molar-refractivity contribution in [1.29, 1.82) is 0 Å². The van der Waals surface area contributed by atoms with Crippen LogP contribution in [0.5, 0.6) is 0 Å². The Bertz CT molecular complexity index is 111. The summed E-state index contributed by atoms with van der Waals surface area (Å²) >= 11 is 0.0864. The molecule has 0 aromatic carbocycles. The summed E-state index contributed by atoms with van der Waals surface area (Å²) in [6.45, 7) is 0. The third-order valence-electron chi connectivity index (χ3n) is 0.969. The SMILES string of the molecule is [CH3][Eu][C]1=CC=CC1. The van der Waals surface area contributed by atoms with Gasteiger partial charge >= 0.3 is 70.6 Å². The van der Waals surface area contributed by atoms with Crippen LogP contribution in [0.4, 0.5) is 0 Å². The first-order valence-corrected chi connectivity index (χ1v) is 5.92. The van der Waals surface area contributed by atoms with Crippen LogP contribution in [-0.2, 0) is 0 Å². The zero-order chi connectivity index (χ0) is 5.11. The molecule has 39 valence electrons. The maximum atomic E-state index is 2.35. The molecule has 0 aromatic heterocycles. The van der Waals surface area contributed by atoms with Crippen LogP contribution >= 0.6 is 0 Å². The molecule has 0 amide bonds. The molecule has 0 saturated heterocycles. The molecule has 7 heavy (non-hydrogen) atoms. The Morgan fingerprint density at radius 1 is 1.71 bits per heavy atom. The van der Waals surface area contributed by atoms with Crippen molar-refractivity contribution in [3.63, 3.8) is 0 Å². The second kappa shape index (κ2) is 3.16. The third kappa shape index (κ3) is 1.79. The van der Waals surface area contributed by atoms with Crippen molar-refractivity contribution in [3.8, 4) is 0 Å². The van der Waals surface area contributed by atoms with E-state index in [2.05, 4.69) is 19.5 Å². The first kappa shape index (κ1) is 6.19. The molecule has 0 bridgehead atoms. The van der Waals surface area contributed by atoms with Gasteiger partial charge in [-0.2, -0.15) is 0 Å². The van der Waals surface area contributed by atoms with Crippen molar-refractivity contribution in [2.75, 3.05) is 0 Å². The van der Waals surface area contributed by atoms with Crippen LogP contribution in [0.15, 0.2) is 18.2 Å². The fourth-order valence-corrected chi connectivity index (χ4v) is 1.98. The van der Waals surface area contributed by atoms with E-state index in [0.717, 1.165) is 0 Å². The van der Waals surface area contributed by atoms with E-state index >= 15 is 0 Å².